The molecule has 1 N–H and O–H groups in total. The summed E-state index contributed by atoms with van der Waals surface area (Å²) >= 11 is 7.68. The molecule has 0 unspecified atom stereocenters. The zero-order chi connectivity index (χ0) is 23.6. The normalized spacial score (nSPS) is 14.8. The SMILES string of the molecule is CC[C@@H](C(=O)NC1CCCC1)N(Cc1cccc(C)c1)C(=O)CCCSc1ccc(Cl)cc1. The maximum absolute atomic E-state index is 13.3. The van der Waals surface area contributed by atoms with Crippen molar-refractivity contribution in [1.29, 1.82) is 0 Å². The summed E-state index contributed by atoms with van der Waals surface area (Å²) in [7, 11) is 0. The number of hydrogen-bond acceptors (Lipinski definition) is 3. The molecule has 33 heavy (non-hydrogen) atoms. The van der Waals surface area contributed by atoms with Crippen molar-refractivity contribution in [3.05, 3.63) is 64.7 Å². The average molecular weight is 487 g/mol. The number of halogens is 1. The summed E-state index contributed by atoms with van der Waals surface area (Å²) in [6.45, 7) is 4.50. The highest BCUT2D eigenvalue weighted by Crippen LogP contribution is 2.23. The Bertz CT molecular complexity index is 913. The fourth-order valence-electron chi connectivity index (χ4n) is 4.38. The molecule has 1 fully saturated rings. The maximum atomic E-state index is 13.3. The second-order valence-electron chi connectivity index (χ2n) is 8.83. The van der Waals surface area contributed by atoms with Gasteiger partial charge in [-0.25, -0.2) is 0 Å². The molecule has 2 amide bonds. The lowest BCUT2D eigenvalue weighted by Gasteiger charge is -2.31. The molecular formula is C27H35ClN2O2S. The van der Waals surface area contributed by atoms with Crippen molar-refractivity contribution in [2.45, 2.75) is 82.3 Å². The number of nitrogens with zero attached hydrogens (tertiary/aromatic N) is 1. The van der Waals surface area contributed by atoms with E-state index >= 15 is 0 Å². The van der Waals surface area contributed by atoms with Crippen molar-refractivity contribution >= 4 is 35.2 Å². The van der Waals surface area contributed by atoms with Gasteiger partial charge in [-0.05, 0) is 68.2 Å². The van der Waals surface area contributed by atoms with E-state index in [-0.39, 0.29) is 17.9 Å². The molecule has 0 heterocycles. The highest BCUT2D eigenvalue weighted by Gasteiger charge is 2.30. The van der Waals surface area contributed by atoms with Gasteiger partial charge < -0.3 is 10.2 Å². The van der Waals surface area contributed by atoms with Gasteiger partial charge in [0.05, 0.1) is 0 Å². The van der Waals surface area contributed by atoms with Crippen LogP contribution in [0.2, 0.25) is 5.02 Å². The van der Waals surface area contributed by atoms with Gasteiger partial charge >= 0.3 is 0 Å². The molecule has 1 aliphatic carbocycles. The van der Waals surface area contributed by atoms with E-state index in [4.69, 9.17) is 11.6 Å². The molecular weight excluding hydrogens is 452 g/mol. The third-order valence-corrected chi connectivity index (χ3v) is 7.49. The summed E-state index contributed by atoms with van der Waals surface area (Å²) in [4.78, 5) is 29.4. The second kappa shape index (κ2) is 13.0. The van der Waals surface area contributed by atoms with Crippen LogP contribution in [0.15, 0.2) is 53.4 Å². The van der Waals surface area contributed by atoms with Gasteiger partial charge in [0, 0.05) is 28.9 Å². The molecule has 3 rings (SSSR count). The van der Waals surface area contributed by atoms with Crippen molar-refractivity contribution in [2.75, 3.05) is 5.75 Å². The number of aryl methyl sites for hydroxylation is 1. The molecule has 0 aromatic heterocycles. The van der Waals surface area contributed by atoms with Crippen LogP contribution in [0.3, 0.4) is 0 Å². The smallest absolute Gasteiger partial charge is 0.243 e. The van der Waals surface area contributed by atoms with Crippen LogP contribution < -0.4 is 5.32 Å². The highest BCUT2D eigenvalue weighted by atomic mass is 35.5. The van der Waals surface area contributed by atoms with Gasteiger partial charge in [-0.2, -0.15) is 0 Å². The molecule has 1 atom stereocenters. The molecule has 4 nitrogen and oxygen atoms in total. The zero-order valence-electron chi connectivity index (χ0n) is 19.7. The molecule has 0 aliphatic heterocycles. The third kappa shape index (κ3) is 8.08. The first-order valence-electron chi connectivity index (χ1n) is 12.0. The number of thioether (sulfide) groups is 1. The largest absolute Gasteiger partial charge is 0.352 e. The predicted molar refractivity (Wildman–Crippen MR) is 138 cm³/mol. The van der Waals surface area contributed by atoms with Crippen LogP contribution in [0.4, 0.5) is 0 Å². The van der Waals surface area contributed by atoms with E-state index in [1.165, 1.54) is 12.8 Å². The van der Waals surface area contributed by atoms with Crippen LogP contribution in [0, 0.1) is 6.92 Å². The van der Waals surface area contributed by atoms with E-state index in [0.29, 0.717) is 19.4 Å². The first-order chi connectivity index (χ1) is 16.0. The first-order valence-corrected chi connectivity index (χ1v) is 13.4. The quantitative estimate of drug-likeness (QED) is 0.296. The number of carbonyl (C=O) groups excluding carboxylic acids is 2. The van der Waals surface area contributed by atoms with Crippen LogP contribution in [0.5, 0.6) is 0 Å². The lowest BCUT2D eigenvalue weighted by atomic mass is 10.1. The minimum atomic E-state index is -0.442. The highest BCUT2D eigenvalue weighted by molar-refractivity contribution is 7.99. The summed E-state index contributed by atoms with van der Waals surface area (Å²) in [5.74, 6) is 0.874. The Morgan fingerprint density at radius 2 is 1.88 bits per heavy atom. The Labute approximate surface area is 207 Å². The number of nitrogens with one attached hydrogen (secondary N) is 1. The molecule has 0 bridgehead atoms. The number of hydrogen-bond donors (Lipinski definition) is 1. The van der Waals surface area contributed by atoms with Crippen molar-refractivity contribution in [1.82, 2.24) is 10.2 Å². The molecule has 0 radical (unpaired) electrons. The summed E-state index contributed by atoms with van der Waals surface area (Å²) in [6, 6.07) is 15.8. The van der Waals surface area contributed by atoms with Crippen LogP contribution in [0.25, 0.3) is 0 Å². The predicted octanol–water partition coefficient (Wildman–Crippen LogP) is 6.39. The third-order valence-electron chi connectivity index (χ3n) is 6.14. The van der Waals surface area contributed by atoms with Gasteiger partial charge in [-0.15, -0.1) is 11.8 Å². The van der Waals surface area contributed by atoms with E-state index in [2.05, 4.69) is 11.4 Å². The fraction of sp³-hybridized carbons (Fsp3) is 0.481. The monoisotopic (exact) mass is 486 g/mol. The lowest BCUT2D eigenvalue weighted by molar-refractivity contribution is -0.141. The summed E-state index contributed by atoms with van der Waals surface area (Å²) < 4.78 is 0. The molecule has 178 valence electrons. The van der Waals surface area contributed by atoms with Crippen LogP contribution in [0.1, 0.15) is 63.0 Å². The fourth-order valence-corrected chi connectivity index (χ4v) is 5.36. The summed E-state index contributed by atoms with van der Waals surface area (Å²) in [6.07, 6.45) is 6.20. The lowest BCUT2D eigenvalue weighted by Crippen LogP contribution is -2.50. The van der Waals surface area contributed by atoms with E-state index in [1.807, 2.05) is 56.3 Å². The van der Waals surface area contributed by atoms with E-state index in [9.17, 15) is 9.59 Å². The topological polar surface area (TPSA) is 49.4 Å². The van der Waals surface area contributed by atoms with Gasteiger partial charge in [0.1, 0.15) is 6.04 Å². The van der Waals surface area contributed by atoms with Gasteiger partial charge in [0.15, 0.2) is 0 Å². The number of rotatable bonds is 11. The molecule has 1 saturated carbocycles. The van der Waals surface area contributed by atoms with E-state index in [0.717, 1.165) is 46.1 Å². The van der Waals surface area contributed by atoms with Crippen LogP contribution in [-0.2, 0) is 16.1 Å². The standard InChI is InChI=1S/C27H35ClN2O2S/c1-3-25(27(32)29-23-10-4-5-11-23)30(19-21-9-6-8-20(2)18-21)26(31)12-7-17-33-24-15-13-22(28)14-16-24/h6,8-9,13-16,18,23,25H,3-5,7,10-12,17,19H2,1-2H3,(H,29,32)/t25-/m0/s1. The number of amides is 2. The summed E-state index contributed by atoms with van der Waals surface area (Å²) in [5, 5.41) is 3.93. The Balaban J connectivity index is 1.64. The van der Waals surface area contributed by atoms with Crippen LogP contribution in [-0.4, -0.2) is 34.6 Å². The Kier molecular flexibility index (Phi) is 10.1. The summed E-state index contributed by atoms with van der Waals surface area (Å²) in [5.41, 5.74) is 2.22. The molecule has 2 aromatic rings. The average Bonchev–Trinajstić information content (AvgIpc) is 3.30. The van der Waals surface area contributed by atoms with Crippen molar-refractivity contribution in [3.8, 4) is 0 Å². The van der Waals surface area contributed by atoms with Crippen molar-refractivity contribution in [3.63, 3.8) is 0 Å². The Hall–Kier alpha value is -1.98. The minimum absolute atomic E-state index is 0.0130. The Morgan fingerprint density at radius 1 is 1.15 bits per heavy atom. The maximum Gasteiger partial charge on any atom is 0.243 e. The molecule has 2 aromatic carbocycles. The molecule has 6 heteroatoms. The van der Waals surface area contributed by atoms with E-state index in [1.54, 1.807) is 16.7 Å². The second-order valence-corrected chi connectivity index (χ2v) is 10.4. The number of benzene rings is 2. The van der Waals surface area contributed by atoms with Gasteiger partial charge in [-0.1, -0.05) is 61.2 Å². The molecule has 1 aliphatic rings. The number of carbonyl (C=O) groups is 2. The Morgan fingerprint density at radius 3 is 2.55 bits per heavy atom. The van der Waals surface area contributed by atoms with Crippen LogP contribution >= 0.6 is 23.4 Å². The molecule has 0 saturated heterocycles. The van der Waals surface area contributed by atoms with Gasteiger partial charge in [-0.3, -0.25) is 9.59 Å². The first kappa shape index (κ1) is 25.6. The molecule has 0 spiro atoms. The zero-order valence-corrected chi connectivity index (χ0v) is 21.3. The van der Waals surface area contributed by atoms with Gasteiger partial charge in [0.25, 0.3) is 0 Å². The van der Waals surface area contributed by atoms with Crippen molar-refractivity contribution in [2.24, 2.45) is 0 Å². The minimum Gasteiger partial charge on any atom is -0.352 e. The van der Waals surface area contributed by atoms with Crippen molar-refractivity contribution < 1.29 is 9.59 Å². The van der Waals surface area contributed by atoms with E-state index < -0.39 is 6.04 Å². The van der Waals surface area contributed by atoms with Gasteiger partial charge in [0.2, 0.25) is 11.8 Å².